The molecule has 0 aliphatic carbocycles. The molecule has 5 nitrogen and oxygen atoms in total. The highest BCUT2D eigenvalue weighted by atomic mass is 35.5. The highest BCUT2D eigenvalue weighted by molar-refractivity contribution is 6.30. The maximum absolute atomic E-state index is 8.96. The standard InChI is InChI=1S/C15H15ClN4O/c1-9-8-12(17-6-7-21)14-15(18-9)13(19-20-14)10-2-4-11(16)5-3-10/h2-5,8,21H,6-7H2,1H3,(H,17,18)(H,19,20). The second-order valence-corrected chi connectivity index (χ2v) is 5.20. The van der Waals surface area contributed by atoms with Crippen LogP contribution in [0.2, 0.25) is 5.02 Å². The molecule has 0 aliphatic rings. The number of pyridine rings is 1. The van der Waals surface area contributed by atoms with Crippen LogP contribution in [0.15, 0.2) is 30.3 Å². The lowest BCUT2D eigenvalue weighted by Gasteiger charge is -2.06. The summed E-state index contributed by atoms with van der Waals surface area (Å²) in [7, 11) is 0. The number of hydrogen-bond donors (Lipinski definition) is 3. The molecule has 21 heavy (non-hydrogen) atoms. The van der Waals surface area contributed by atoms with Gasteiger partial charge in [0.2, 0.25) is 0 Å². The summed E-state index contributed by atoms with van der Waals surface area (Å²) in [5.74, 6) is 0. The van der Waals surface area contributed by atoms with Gasteiger partial charge in [0, 0.05) is 22.8 Å². The second-order valence-electron chi connectivity index (χ2n) is 4.76. The summed E-state index contributed by atoms with van der Waals surface area (Å²) in [5, 5.41) is 20.2. The van der Waals surface area contributed by atoms with Crippen LogP contribution in [0, 0.1) is 6.92 Å². The summed E-state index contributed by atoms with van der Waals surface area (Å²) >= 11 is 5.92. The summed E-state index contributed by atoms with van der Waals surface area (Å²) in [4.78, 5) is 4.57. The van der Waals surface area contributed by atoms with E-state index >= 15 is 0 Å². The zero-order valence-electron chi connectivity index (χ0n) is 11.5. The lowest BCUT2D eigenvalue weighted by molar-refractivity contribution is 0.311. The smallest absolute Gasteiger partial charge is 0.118 e. The van der Waals surface area contributed by atoms with Gasteiger partial charge in [0.05, 0.1) is 12.3 Å². The lowest BCUT2D eigenvalue weighted by atomic mass is 10.1. The van der Waals surface area contributed by atoms with Crippen molar-refractivity contribution >= 4 is 28.3 Å². The molecular weight excluding hydrogens is 288 g/mol. The van der Waals surface area contributed by atoms with Crippen molar-refractivity contribution in [1.29, 1.82) is 0 Å². The van der Waals surface area contributed by atoms with Gasteiger partial charge in [0.15, 0.2) is 0 Å². The van der Waals surface area contributed by atoms with Gasteiger partial charge in [-0.05, 0) is 25.1 Å². The van der Waals surface area contributed by atoms with Crippen molar-refractivity contribution in [1.82, 2.24) is 15.2 Å². The van der Waals surface area contributed by atoms with E-state index in [0.29, 0.717) is 11.6 Å². The normalized spacial score (nSPS) is 11.0. The predicted molar refractivity (Wildman–Crippen MR) is 84.6 cm³/mol. The van der Waals surface area contributed by atoms with E-state index in [2.05, 4.69) is 20.5 Å². The number of rotatable bonds is 4. The number of aliphatic hydroxyl groups is 1. The number of anilines is 1. The number of aromatic amines is 1. The number of nitrogens with zero attached hydrogens (tertiary/aromatic N) is 2. The van der Waals surface area contributed by atoms with Crippen molar-refractivity contribution in [2.75, 3.05) is 18.5 Å². The van der Waals surface area contributed by atoms with Crippen LogP contribution in [-0.2, 0) is 0 Å². The van der Waals surface area contributed by atoms with Crippen LogP contribution in [0.3, 0.4) is 0 Å². The van der Waals surface area contributed by atoms with Crippen molar-refractivity contribution in [2.45, 2.75) is 6.92 Å². The molecule has 0 atom stereocenters. The van der Waals surface area contributed by atoms with Crippen molar-refractivity contribution in [3.8, 4) is 11.3 Å². The maximum atomic E-state index is 8.96. The van der Waals surface area contributed by atoms with Crippen LogP contribution < -0.4 is 5.32 Å². The number of aromatic nitrogens is 3. The van der Waals surface area contributed by atoms with Gasteiger partial charge in [-0.1, -0.05) is 23.7 Å². The van der Waals surface area contributed by atoms with E-state index in [0.717, 1.165) is 33.7 Å². The quantitative estimate of drug-likeness (QED) is 0.692. The molecule has 0 spiro atoms. The summed E-state index contributed by atoms with van der Waals surface area (Å²) in [6, 6.07) is 9.43. The Morgan fingerprint density at radius 1 is 1.29 bits per heavy atom. The van der Waals surface area contributed by atoms with E-state index in [4.69, 9.17) is 16.7 Å². The zero-order chi connectivity index (χ0) is 14.8. The molecule has 0 fully saturated rings. The molecule has 108 valence electrons. The molecule has 3 aromatic rings. The number of H-pyrrole nitrogens is 1. The fraction of sp³-hybridized carbons (Fsp3) is 0.200. The fourth-order valence-corrected chi connectivity index (χ4v) is 2.39. The summed E-state index contributed by atoms with van der Waals surface area (Å²) in [6.45, 7) is 2.48. The highest BCUT2D eigenvalue weighted by Gasteiger charge is 2.13. The highest BCUT2D eigenvalue weighted by Crippen LogP contribution is 2.30. The second kappa shape index (κ2) is 5.71. The van der Waals surface area contributed by atoms with Crippen LogP contribution in [0.1, 0.15) is 5.69 Å². The molecule has 0 saturated carbocycles. The molecule has 2 heterocycles. The van der Waals surface area contributed by atoms with Crippen molar-refractivity contribution in [3.63, 3.8) is 0 Å². The van der Waals surface area contributed by atoms with Gasteiger partial charge >= 0.3 is 0 Å². The molecular formula is C15H15ClN4O. The Morgan fingerprint density at radius 3 is 2.76 bits per heavy atom. The van der Waals surface area contributed by atoms with E-state index in [1.165, 1.54) is 0 Å². The molecule has 0 amide bonds. The Bertz CT molecular complexity index is 767. The van der Waals surface area contributed by atoms with Crippen LogP contribution in [0.4, 0.5) is 5.69 Å². The molecule has 3 rings (SSSR count). The monoisotopic (exact) mass is 302 g/mol. The molecule has 0 radical (unpaired) electrons. The Morgan fingerprint density at radius 2 is 2.05 bits per heavy atom. The number of fused-ring (bicyclic) bond motifs is 1. The average Bonchev–Trinajstić information content (AvgIpc) is 2.89. The van der Waals surface area contributed by atoms with Gasteiger partial charge in [-0.3, -0.25) is 5.10 Å². The maximum Gasteiger partial charge on any atom is 0.118 e. The molecule has 1 aromatic carbocycles. The SMILES string of the molecule is Cc1cc(NCCO)c2[nH]nc(-c3ccc(Cl)cc3)c2n1. The fourth-order valence-electron chi connectivity index (χ4n) is 2.26. The minimum absolute atomic E-state index is 0.0705. The Labute approximate surface area is 127 Å². The van der Waals surface area contributed by atoms with Crippen LogP contribution >= 0.6 is 11.6 Å². The van der Waals surface area contributed by atoms with Gasteiger partial charge in [-0.15, -0.1) is 0 Å². The number of aryl methyl sites for hydroxylation is 1. The minimum atomic E-state index is 0.0705. The number of aliphatic hydroxyl groups excluding tert-OH is 1. The van der Waals surface area contributed by atoms with Gasteiger partial charge in [0.1, 0.15) is 16.7 Å². The van der Waals surface area contributed by atoms with Crippen molar-refractivity contribution in [3.05, 3.63) is 41.0 Å². The first kappa shape index (κ1) is 13.9. The van der Waals surface area contributed by atoms with Gasteiger partial charge in [0.25, 0.3) is 0 Å². The van der Waals surface area contributed by atoms with E-state index in [9.17, 15) is 0 Å². The number of nitrogens with one attached hydrogen (secondary N) is 2. The van der Waals surface area contributed by atoms with E-state index < -0.39 is 0 Å². The summed E-state index contributed by atoms with van der Waals surface area (Å²) in [6.07, 6.45) is 0. The molecule has 0 saturated heterocycles. The van der Waals surface area contributed by atoms with Gasteiger partial charge in [-0.2, -0.15) is 5.10 Å². The van der Waals surface area contributed by atoms with Crippen LogP contribution in [0.5, 0.6) is 0 Å². The van der Waals surface area contributed by atoms with Crippen molar-refractivity contribution in [2.24, 2.45) is 0 Å². The molecule has 0 aliphatic heterocycles. The minimum Gasteiger partial charge on any atom is -0.395 e. The topological polar surface area (TPSA) is 73.8 Å². The van der Waals surface area contributed by atoms with Crippen LogP contribution in [-0.4, -0.2) is 33.4 Å². The third kappa shape index (κ3) is 2.70. The first-order chi connectivity index (χ1) is 10.2. The first-order valence-electron chi connectivity index (χ1n) is 6.65. The summed E-state index contributed by atoms with van der Waals surface area (Å²) in [5.41, 5.74) is 5.16. The zero-order valence-corrected chi connectivity index (χ0v) is 12.3. The lowest BCUT2D eigenvalue weighted by Crippen LogP contribution is -2.06. The molecule has 0 bridgehead atoms. The van der Waals surface area contributed by atoms with E-state index in [1.54, 1.807) is 0 Å². The number of halogens is 1. The number of benzene rings is 1. The Hall–Kier alpha value is -2.11. The molecule has 3 N–H and O–H groups in total. The van der Waals surface area contributed by atoms with Crippen molar-refractivity contribution < 1.29 is 5.11 Å². The predicted octanol–water partition coefficient (Wildman–Crippen LogP) is 2.99. The van der Waals surface area contributed by atoms with Gasteiger partial charge < -0.3 is 10.4 Å². The van der Waals surface area contributed by atoms with Crippen LogP contribution in [0.25, 0.3) is 22.3 Å². The summed E-state index contributed by atoms with van der Waals surface area (Å²) < 4.78 is 0. The third-order valence-corrected chi connectivity index (χ3v) is 3.45. The largest absolute Gasteiger partial charge is 0.395 e. The third-order valence-electron chi connectivity index (χ3n) is 3.20. The molecule has 2 aromatic heterocycles. The average molecular weight is 303 g/mol. The Kier molecular flexibility index (Phi) is 3.77. The Balaban J connectivity index is 2.13. The van der Waals surface area contributed by atoms with E-state index in [1.807, 2.05) is 37.3 Å². The van der Waals surface area contributed by atoms with Gasteiger partial charge in [-0.25, -0.2) is 4.98 Å². The first-order valence-corrected chi connectivity index (χ1v) is 7.03. The number of hydrogen-bond acceptors (Lipinski definition) is 4. The molecule has 6 heteroatoms. The molecule has 0 unspecified atom stereocenters. The van der Waals surface area contributed by atoms with E-state index in [-0.39, 0.29) is 6.61 Å².